The first-order chi connectivity index (χ1) is 24.7. The molecule has 0 saturated heterocycles. The second-order valence-electron chi connectivity index (χ2n) is 14.9. The predicted molar refractivity (Wildman–Crippen MR) is 180 cm³/mol. The zero-order valence-electron chi connectivity index (χ0n) is 29.7. The Kier molecular flexibility index (Phi) is 7.37. The Morgan fingerprint density at radius 1 is 0.906 bits per heavy atom. The smallest absolute Gasteiger partial charge is 0.396 e. The molecule has 0 N–H and O–H groups in total. The second kappa shape index (κ2) is 11.1. The molecule has 3 aliphatic rings. The van der Waals surface area contributed by atoms with Crippen LogP contribution < -0.4 is 5.82 Å². The second-order valence-corrected chi connectivity index (χ2v) is 14.9. The van der Waals surface area contributed by atoms with Gasteiger partial charge >= 0.3 is 18.2 Å². The lowest BCUT2D eigenvalue weighted by Crippen LogP contribution is -2.41. The predicted octanol–water partition coefficient (Wildman–Crippen LogP) is 9.33. The quantitative estimate of drug-likeness (QED) is 0.168. The van der Waals surface area contributed by atoms with Crippen molar-refractivity contribution in [1.29, 1.82) is 0 Å². The van der Waals surface area contributed by atoms with Crippen molar-refractivity contribution < 1.29 is 39.6 Å². The van der Waals surface area contributed by atoms with Gasteiger partial charge in [0.25, 0.3) is 0 Å². The van der Waals surface area contributed by atoms with Crippen molar-refractivity contribution in [2.45, 2.75) is 96.6 Å². The lowest BCUT2D eigenvalue weighted by molar-refractivity contribution is -0.143. The van der Waals surface area contributed by atoms with Crippen LogP contribution in [0.1, 0.15) is 102 Å². The first-order valence-electron chi connectivity index (χ1n) is 17.2. The van der Waals surface area contributed by atoms with Crippen molar-refractivity contribution in [2.24, 2.45) is 0 Å². The molecule has 2 aliphatic heterocycles. The van der Waals surface area contributed by atoms with Crippen molar-refractivity contribution in [3.8, 4) is 5.69 Å². The summed E-state index contributed by atoms with van der Waals surface area (Å²) in [6.07, 6.45) is -5.98. The van der Waals surface area contributed by atoms with E-state index in [-0.39, 0.29) is 42.8 Å². The van der Waals surface area contributed by atoms with Gasteiger partial charge in [-0.05, 0) is 87.6 Å². The van der Waals surface area contributed by atoms with E-state index in [1.807, 2.05) is 56.6 Å². The highest BCUT2D eigenvalue weighted by Gasteiger charge is 2.55. The van der Waals surface area contributed by atoms with Crippen LogP contribution in [0.25, 0.3) is 11.3 Å². The molecule has 2 unspecified atom stereocenters. The lowest BCUT2D eigenvalue weighted by Gasteiger charge is -2.45. The van der Waals surface area contributed by atoms with E-state index in [1.54, 1.807) is 28.7 Å². The normalized spacial score (nSPS) is 21.9. The summed E-state index contributed by atoms with van der Waals surface area (Å²) in [7, 11) is 0. The summed E-state index contributed by atoms with van der Waals surface area (Å²) in [5, 5.41) is 5.19. The molecular formula is C39H35F7N4O3. The van der Waals surface area contributed by atoms with E-state index >= 15 is 4.39 Å². The molecule has 5 heterocycles. The number of alkyl halides is 7. The van der Waals surface area contributed by atoms with Crippen LogP contribution in [-0.4, -0.2) is 19.2 Å². The lowest BCUT2D eigenvalue weighted by atomic mass is 9.62. The van der Waals surface area contributed by atoms with Crippen molar-refractivity contribution in [2.75, 3.05) is 0 Å². The van der Waals surface area contributed by atoms with Gasteiger partial charge in [0.05, 0.1) is 51.4 Å². The number of aromatic nitrogens is 3. The number of aryl methyl sites for hydroxylation is 2. The summed E-state index contributed by atoms with van der Waals surface area (Å²) in [6.45, 7) is 10.6. The third kappa shape index (κ3) is 5.04. The molecule has 3 aromatic heterocycles. The highest BCUT2D eigenvalue weighted by atomic mass is 19.4. The largest absolute Gasteiger partial charge is 0.519 e. The van der Waals surface area contributed by atoms with Crippen LogP contribution in [0.4, 0.5) is 30.7 Å². The summed E-state index contributed by atoms with van der Waals surface area (Å²) < 4.78 is 114. The fourth-order valence-corrected chi connectivity index (χ4v) is 8.72. The fourth-order valence-electron chi connectivity index (χ4n) is 8.72. The molecule has 2 aromatic carbocycles. The van der Waals surface area contributed by atoms with E-state index in [2.05, 4.69) is 0 Å². The zero-order valence-corrected chi connectivity index (χ0v) is 29.7. The Hall–Kier alpha value is -4.85. The van der Waals surface area contributed by atoms with Crippen LogP contribution in [-0.2, 0) is 55.0 Å². The number of allylic oxidation sites excluding steroid dienone is 2. The van der Waals surface area contributed by atoms with E-state index in [9.17, 15) is 31.1 Å². The molecule has 0 spiro atoms. The number of nitrogens with zero attached hydrogens (tertiary/aromatic N) is 4. The number of hydrogen-bond donors (Lipinski definition) is 0. The van der Waals surface area contributed by atoms with E-state index in [4.69, 9.17) is 13.9 Å². The average Bonchev–Trinajstić information content (AvgIpc) is 3.81. The number of benzene rings is 2. The van der Waals surface area contributed by atoms with Gasteiger partial charge in [0.2, 0.25) is 0 Å². The van der Waals surface area contributed by atoms with E-state index in [0.717, 1.165) is 34.1 Å². The van der Waals surface area contributed by atoms with Crippen LogP contribution in [0.5, 0.6) is 0 Å². The van der Waals surface area contributed by atoms with Gasteiger partial charge in [0.15, 0.2) is 11.4 Å². The third-order valence-corrected chi connectivity index (χ3v) is 11.4. The molecule has 2 atom stereocenters. The monoisotopic (exact) mass is 740 g/mol. The topological polar surface area (TPSA) is 69.3 Å². The molecule has 14 heteroatoms. The Morgan fingerprint density at radius 2 is 1.64 bits per heavy atom. The number of fused-ring (bicyclic) bond motifs is 10. The molecule has 8 rings (SSSR count). The highest BCUT2D eigenvalue weighted by molar-refractivity contribution is 5.89. The van der Waals surface area contributed by atoms with E-state index in [1.165, 1.54) is 6.92 Å². The molecular weight excluding hydrogens is 705 g/mol. The Labute approximate surface area is 299 Å². The minimum atomic E-state index is -5.02. The third-order valence-electron chi connectivity index (χ3n) is 11.4. The van der Waals surface area contributed by atoms with E-state index < -0.39 is 45.9 Å². The van der Waals surface area contributed by atoms with Gasteiger partial charge in [-0.15, -0.1) is 0 Å². The van der Waals surface area contributed by atoms with Crippen molar-refractivity contribution in [1.82, 2.24) is 19.2 Å². The maximum absolute atomic E-state index is 17.2. The molecule has 7 nitrogen and oxygen atoms in total. The zero-order chi connectivity index (χ0) is 38.2. The van der Waals surface area contributed by atoms with Gasteiger partial charge in [-0.3, -0.25) is 4.90 Å². The SMILES string of the molecule is CCc1cccc2c1-n1nc3c(c1C1(C)C2=CC(C)(F)c2c1ccn2Cc1oc(=O)oc1C)CN(Cc1ccc(C(F)(F)F)cc1C(F)(F)F)C3(C)C. The molecule has 0 amide bonds. The van der Waals surface area contributed by atoms with Crippen LogP contribution in [0.15, 0.2) is 68.4 Å². The van der Waals surface area contributed by atoms with Gasteiger partial charge in [0, 0.05) is 30.4 Å². The van der Waals surface area contributed by atoms with Crippen molar-refractivity contribution in [3.05, 3.63) is 133 Å². The van der Waals surface area contributed by atoms with Crippen LogP contribution in [0.2, 0.25) is 0 Å². The molecule has 0 fully saturated rings. The molecule has 0 saturated carbocycles. The molecule has 0 radical (unpaired) electrons. The summed E-state index contributed by atoms with van der Waals surface area (Å²) >= 11 is 0. The van der Waals surface area contributed by atoms with Gasteiger partial charge < -0.3 is 13.4 Å². The van der Waals surface area contributed by atoms with Crippen LogP contribution >= 0.6 is 0 Å². The maximum atomic E-state index is 17.2. The minimum absolute atomic E-state index is 0.0229. The summed E-state index contributed by atoms with van der Waals surface area (Å²) in [5.74, 6) is -0.345. The molecule has 5 aromatic rings. The van der Waals surface area contributed by atoms with Gasteiger partial charge in [0.1, 0.15) is 5.76 Å². The summed E-state index contributed by atoms with van der Waals surface area (Å²) in [6, 6.07) is 9.43. The first-order valence-corrected chi connectivity index (χ1v) is 17.2. The Balaban J connectivity index is 1.31. The number of halogens is 7. The fraction of sp³-hybridized carbons (Fsp3) is 0.385. The average molecular weight is 741 g/mol. The minimum Gasteiger partial charge on any atom is -0.396 e. The van der Waals surface area contributed by atoms with E-state index in [0.29, 0.717) is 35.0 Å². The van der Waals surface area contributed by atoms with Crippen LogP contribution in [0, 0.1) is 6.92 Å². The number of hydrogen-bond acceptors (Lipinski definition) is 5. The molecule has 278 valence electrons. The molecule has 1 aliphatic carbocycles. The summed E-state index contributed by atoms with van der Waals surface area (Å²) in [5.41, 5.74) is -0.650. The highest BCUT2D eigenvalue weighted by Crippen LogP contribution is 2.60. The van der Waals surface area contributed by atoms with Gasteiger partial charge in [-0.1, -0.05) is 31.2 Å². The first kappa shape index (κ1) is 35.2. The Bertz CT molecular complexity index is 2420. The Morgan fingerprint density at radius 3 is 2.28 bits per heavy atom. The molecule has 53 heavy (non-hydrogen) atoms. The number of rotatable bonds is 5. The van der Waals surface area contributed by atoms with Crippen molar-refractivity contribution >= 4 is 5.57 Å². The van der Waals surface area contributed by atoms with Gasteiger partial charge in [-0.25, -0.2) is 13.9 Å². The standard InChI is InChI=1S/C39H35F7N4O3/c1-7-21-9-8-10-24-28-16-36(5,40)33-26(13-14-48(33)19-29-20(2)52-34(51)53-29)37(28,6)32-25-18-49(35(3,4)31(25)47-50(32)30(21)24)17-22-11-12-23(38(41,42)43)15-27(22)39(44,45)46/h8-16H,7,17-19H2,1-6H3. The molecule has 0 bridgehead atoms. The van der Waals surface area contributed by atoms with Crippen molar-refractivity contribution in [3.63, 3.8) is 0 Å². The summed E-state index contributed by atoms with van der Waals surface area (Å²) in [4.78, 5) is 13.6. The van der Waals surface area contributed by atoms with Gasteiger partial charge in [-0.2, -0.15) is 31.4 Å². The van der Waals surface area contributed by atoms with Crippen LogP contribution in [0.3, 0.4) is 0 Å². The number of para-hydroxylation sites is 1. The maximum Gasteiger partial charge on any atom is 0.519 e.